The Labute approximate surface area is 121 Å². The molecule has 0 aliphatic rings. The molecule has 1 aromatic heterocycles. The molecule has 1 aromatic carbocycles. The van der Waals surface area contributed by atoms with Gasteiger partial charge in [0.15, 0.2) is 0 Å². The van der Waals surface area contributed by atoms with Crippen LogP contribution >= 0.6 is 0 Å². The molecule has 0 fully saturated rings. The first-order chi connectivity index (χ1) is 9.92. The number of hydrogen-bond acceptors (Lipinski definition) is 4. The molecule has 0 aliphatic heterocycles. The Balaban J connectivity index is 2.22. The summed E-state index contributed by atoms with van der Waals surface area (Å²) < 4.78 is 38.2. The highest BCUT2D eigenvalue weighted by atomic mass is 32.2. The first-order valence-electron chi connectivity index (χ1n) is 5.89. The van der Waals surface area contributed by atoms with Gasteiger partial charge in [-0.25, -0.2) is 18.1 Å². The van der Waals surface area contributed by atoms with Crippen molar-refractivity contribution < 1.29 is 17.6 Å². The molecule has 110 valence electrons. The minimum absolute atomic E-state index is 0.0278. The van der Waals surface area contributed by atoms with Gasteiger partial charge >= 0.3 is 0 Å². The van der Waals surface area contributed by atoms with Crippen LogP contribution in [0, 0.1) is 5.95 Å². The molecule has 0 radical (unpaired) electrons. The SMILES string of the molecule is CNS(=O)(=O)c1cccc(NC(=O)c2ccc(F)nc2)c1. The molecule has 21 heavy (non-hydrogen) atoms. The van der Waals surface area contributed by atoms with Crippen molar-refractivity contribution in [3.8, 4) is 0 Å². The lowest BCUT2D eigenvalue weighted by Gasteiger charge is -2.07. The van der Waals surface area contributed by atoms with E-state index in [-0.39, 0.29) is 10.5 Å². The zero-order valence-electron chi connectivity index (χ0n) is 11.0. The molecule has 0 unspecified atom stereocenters. The number of carbonyl (C=O) groups excluding carboxylic acids is 1. The molecule has 1 amide bonds. The van der Waals surface area contributed by atoms with Crippen molar-refractivity contribution in [2.45, 2.75) is 4.90 Å². The van der Waals surface area contributed by atoms with Crippen molar-refractivity contribution in [1.29, 1.82) is 0 Å². The van der Waals surface area contributed by atoms with Crippen LogP contribution in [0.15, 0.2) is 47.5 Å². The first-order valence-corrected chi connectivity index (χ1v) is 7.37. The number of rotatable bonds is 4. The normalized spacial score (nSPS) is 11.1. The molecular weight excluding hydrogens is 297 g/mol. The lowest BCUT2D eigenvalue weighted by molar-refractivity contribution is 0.102. The highest BCUT2D eigenvalue weighted by molar-refractivity contribution is 7.89. The molecule has 1 heterocycles. The van der Waals surface area contributed by atoms with Gasteiger partial charge in [0.1, 0.15) is 0 Å². The summed E-state index contributed by atoms with van der Waals surface area (Å²) in [4.78, 5) is 15.3. The monoisotopic (exact) mass is 309 g/mol. The Morgan fingerprint density at radius 2 is 2.00 bits per heavy atom. The van der Waals surface area contributed by atoms with Crippen molar-refractivity contribution in [2.75, 3.05) is 12.4 Å². The quantitative estimate of drug-likeness (QED) is 0.835. The number of nitrogens with one attached hydrogen (secondary N) is 2. The van der Waals surface area contributed by atoms with Crippen LogP contribution < -0.4 is 10.0 Å². The molecule has 0 aliphatic carbocycles. The zero-order valence-corrected chi connectivity index (χ0v) is 11.8. The second-order valence-corrected chi connectivity index (χ2v) is 5.95. The largest absolute Gasteiger partial charge is 0.322 e. The van der Waals surface area contributed by atoms with E-state index in [2.05, 4.69) is 15.0 Å². The summed E-state index contributed by atoms with van der Waals surface area (Å²) in [6.45, 7) is 0. The molecule has 6 nitrogen and oxygen atoms in total. The van der Waals surface area contributed by atoms with Crippen LogP contribution in [0.5, 0.6) is 0 Å². The van der Waals surface area contributed by atoms with Crippen LogP contribution in [0.2, 0.25) is 0 Å². The third-order valence-corrected chi connectivity index (χ3v) is 4.07. The maximum absolute atomic E-state index is 12.7. The van der Waals surface area contributed by atoms with E-state index in [0.29, 0.717) is 5.69 Å². The van der Waals surface area contributed by atoms with Crippen LogP contribution in [0.25, 0.3) is 0 Å². The molecule has 8 heteroatoms. The summed E-state index contributed by atoms with van der Waals surface area (Å²) in [5, 5.41) is 2.52. The van der Waals surface area contributed by atoms with E-state index in [1.807, 2.05) is 0 Å². The highest BCUT2D eigenvalue weighted by Crippen LogP contribution is 2.16. The van der Waals surface area contributed by atoms with Crippen molar-refractivity contribution in [1.82, 2.24) is 9.71 Å². The van der Waals surface area contributed by atoms with Gasteiger partial charge in [-0.05, 0) is 37.4 Å². The second kappa shape index (κ2) is 5.98. The minimum Gasteiger partial charge on any atom is -0.322 e. The van der Waals surface area contributed by atoms with E-state index < -0.39 is 21.9 Å². The van der Waals surface area contributed by atoms with E-state index in [0.717, 1.165) is 12.3 Å². The van der Waals surface area contributed by atoms with E-state index in [9.17, 15) is 17.6 Å². The summed E-state index contributed by atoms with van der Waals surface area (Å²) >= 11 is 0. The smallest absolute Gasteiger partial charge is 0.257 e. The summed E-state index contributed by atoms with van der Waals surface area (Å²) in [6, 6.07) is 8.12. The second-order valence-electron chi connectivity index (χ2n) is 4.06. The standard InChI is InChI=1S/C13H12FN3O3S/c1-15-21(19,20)11-4-2-3-10(7-11)17-13(18)9-5-6-12(14)16-8-9/h2-8,15H,1H3,(H,17,18). The molecule has 0 saturated carbocycles. The van der Waals surface area contributed by atoms with Gasteiger partial charge in [0.25, 0.3) is 5.91 Å². The average Bonchev–Trinajstić information content (AvgIpc) is 2.48. The van der Waals surface area contributed by atoms with Crippen LogP contribution in [0.1, 0.15) is 10.4 Å². The minimum atomic E-state index is -3.59. The lowest BCUT2D eigenvalue weighted by Crippen LogP contribution is -2.19. The molecule has 0 atom stereocenters. The number of benzene rings is 1. The predicted molar refractivity (Wildman–Crippen MR) is 74.8 cm³/mol. The number of pyridine rings is 1. The van der Waals surface area contributed by atoms with Crippen molar-refractivity contribution in [3.05, 3.63) is 54.1 Å². The number of nitrogens with zero attached hydrogens (tertiary/aromatic N) is 1. The zero-order chi connectivity index (χ0) is 15.5. The lowest BCUT2D eigenvalue weighted by atomic mass is 10.2. The average molecular weight is 309 g/mol. The topological polar surface area (TPSA) is 88.2 Å². The molecule has 2 rings (SSSR count). The number of carbonyl (C=O) groups is 1. The Morgan fingerprint density at radius 3 is 2.62 bits per heavy atom. The fourth-order valence-electron chi connectivity index (χ4n) is 1.57. The number of amides is 1. The van der Waals surface area contributed by atoms with Crippen molar-refractivity contribution in [3.63, 3.8) is 0 Å². The number of aromatic nitrogens is 1. The van der Waals surface area contributed by atoms with Crippen molar-refractivity contribution in [2.24, 2.45) is 0 Å². The summed E-state index contributed by atoms with van der Waals surface area (Å²) in [7, 11) is -2.29. The number of hydrogen-bond donors (Lipinski definition) is 2. The maximum Gasteiger partial charge on any atom is 0.257 e. The van der Waals surface area contributed by atoms with Crippen LogP contribution in [-0.2, 0) is 10.0 Å². The molecule has 2 aromatic rings. The van der Waals surface area contributed by atoms with Gasteiger partial charge in [0.2, 0.25) is 16.0 Å². The Hall–Kier alpha value is -2.32. The van der Waals surface area contributed by atoms with Crippen molar-refractivity contribution >= 4 is 21.6 Å². The van der Waals surface area contributed by atoms with Crippen LogP contribution in [-0.4, -0.2) is 26.4 Å². The third-order valence-electron chi connectivity index (χ3n) is 2.66. The first kappa shape index (κ1) is 15.1. The van der Waals surface area contributed by atoms with Crippen LogP contribution in [0.4, 0.5) is 10.1 Å². The van der Waals surface area contributed by atoms with E-state index >= 15 is 0 Å². The molecule has 0 spiro atoms. The fraction of sp³-hybridized carbons (Fsp3) is 0.0769. The van der Waals surface area contributed by atoms with Gasteiger partial charge in [-0.2, -0.15) is 4.39 Å². The summed E-state index contributed by atoms with van der Waals surface area (Å²) in [5.74, 6) is -1.20. The summed E-state index contributed by atoms with van der Waals surface area (Å²) in [6.07, 6.45) is 1.10. The van der Waals surface area contributed by atoms with Gasteiger partial charge in [-0.15, -0.1) is 0 Å². The van der Waals surface area contributed by atoms with Gasteiger partial charge < -0.3 is 5.32 Å². The number of sulfonamides is 1. The van der Waals surface area contributed by atoms with E-state index in [4.69, 9.17) is 0 Å². The van der Waals surface area contributed by atoms with Gasteiger partial charge in [-0.1, -0.05) is 6.07 Å². The highest BCUT2D eigenvalue weighted by Gasteiger charge is 2.13. The summed E-state index contributed by atoms with van der Waals surface area (Å²) in [5.41, 5.74) is 0.471. The Morgan fingerprint density at radius 1 is 1.24 bits per heavy atom. The Bertz CT molecular complexity index is 760. The van der Waals surface area contributed by atoms with Crippen LogP contribution in [0.3, 0.4) is 0 Å². The van der Waals surface area contributed by atoms with Gasteiger partial charge in [-0.3, -0.25) is 4.79 Å². The number of anilines is 1. The van der Waals surface area contributed by atoms with E-state index in [1.54, 1.807) is 6.07 Å². The molecule has 0 saturated heterocycles. The maximum atomic E-state index is 12.7. The third kappa shape index (κ3) is 3.61. The van der Waals surface area contributed by atoms with Gasteiger partial charge in [0.05, 0.1) is 10.5 Å². The van der Waals surface area contributed by atoms with Gasteiger partial charge in [0, 0.05) is 11.9 Å². The predicted octanol–water partition coefficient (Wildman–Crippen LogP) is 1.38. The molecule has 0 bridgehead atoms. The molecular formula is C13H12FN3O3S. The number of halogens is 1. The van der Waals surface area contributed by atoms with E-state index in [1.165, 1.54) is 31.3 Å². The molecule has 2 N–H and O–H groups in total. The fourth-order valence-corrected chi connectivity index (χ4v) is 2.35. The Kier molecular flexibility index (Phi) is 4.29.